The lowest BCUT2D eigenvalue weighted by atomic mass is 10.2. The first-order valence-electron chi connectivity index (χ1n) is 12.7. The van der Waals surface area contributed by atoms with Gasteiger partial charge < -0.3 is 25.8 Å². The van der Waals surface area contributed by atoms with E-state index < -0.39 is 6.04 Å². The smallest absolute Gasteiger partial charge is 0.246 e. The van der Waals surface area contributed by atoms with Crippen LogP contribution in [0.1, 0.15) is 38.7 Å². The van der Waals surface area contributed by atoms with Gasteiger partial charge in [0.15, 0.2) is 0 Å². The Balaban J connectivity index is 1.87. The van der Waals surface area contributed by atoms with Gasteiger partial charge in [-0.3, -0.25) is 9.59 Å². The molecule has 38 heavy (non-hydrogen) atoms. The van der Waals surface area contributed by atoms with Crippen LogP contribution in [0, 0.1) is 17.7 Å². The molecule has 0 saturated heterocycles. The molecule has 1 aromatic heterocycles. The minimum Gasteiger partial charge on any atom is -0.369 e. The van der Waals surface area contributed by atoms with Crippen molar-refractivity contribution in [3.63, 3.8) is 0 Å². The van der Waals surface area contributed by atoms with Crippen molar-refractivity contribution in [2.75, 3.05) is 51.4 Å². The molecule has 0 saturated carbocycles. The van der Waals surface area contributed by atoms with Crippen LogP contribution in [0.2, 0.25) is 0 Å². The maximum atomic E-state index is 13.5. The zero-order chi connectivity index (χ0) is 27.9. The van der Waals surface area contributed by atoms with E-state index in [1.807, 2.05) is 19.0 Å². The SMILES string of the molecule is CCCNc1nc(Nc2cccc(F)c2)ncc1C#CCCCNC(=O)[C@H](C)N(C)C(=O)C=CCN(C)C. The Bertz CT molecular complexity index is 1160. The number of aromatic nitrogens is 2. The average Bonchev–Trinajstić information content (AvgIpc) is 2.88. The third kappa shape index (κ3) is 10.6. The van der Waals surface area contributed by atoms with Crippen LogP contribution in [0.4, 0.5) is 21.8 Å². The van der Waals surface area contributed by atoms with Gasteiger partial charge in [0.1, 0.15) is 17.7 Å². The molecule has 0 radical (unpaired) electrons. The molecule has 10 heteroatoms. The normalized spacial score (nSPS) is 11.6. The molecule has 3 N–H and O–H groups in total. The number of likely N-dealkylation sites (N-methyl/N-ethyl adjacent to an activating group) is 2. The van der Waals surface area contributed by atoms with Crippen LogP contribution in [0.15, 0.2) is 42.6 Å². The standard InChI is InChI=1S/C28H38FN7O2/c1-6-16-30-26-22(20-32-28(34-26)33-24-14-10-13-23(29)19-24)12-8-7-9-17-31-27(38)21(2)36(5)25(37)15-11-18-35(3)4/h10-11,13-15,19-21H,6-7,9,16-18H2,1-5H3,(H,31,38)(H2,30,32,33,34)/t21-/m0/s1. The zero-order valence-electron chi connectivity index (χ0n) is 22.8. The molecule has 2 rings (SSSR count). The Morgan fingerprint density at radius 3 is 2.71 bits per heavy atom. The first-order valence-corrected chi connectivity index (χ1v) is 12.7. The van der Waals surface area contributed by atoms with E-state index in [1.165, 1.54) is 23.1 Å². The van der Waals surface area contributed by atoms with Crippen molar-refractivity contribution in [3.05, 3.63) is 54.0 Å². The molecule has 1 aromatic carbocycles. The highest BCUT2D eigenvalue weighted by Crippen LogP contribution is 2.18. The summed E-state index contributed by atoms with van der Waals surface area (Å²) in [6.45, 7) is 5.57. The number of carbonyl (C=O) groups is 2. The quantitative estimate of drug-likeness (QED) is 0.210. The number of amides is 2. The fraction of sp³-hybridized carbons (Fsp3) is 0.429. The van der Waals surface area contributed by atoms with Gasteiger partial charge >= 0.3 is 0 Å². The minimum atomic E-state index is -0.582. The van der Waals surface area contributed by atoms with E-state index in [-0.39, 0.29) is 17.6 Å². The van der Waals surface area contributed by atoms with E-state index >= 15 is 0 Å². The van der Waals surface area contributed by atoms with Gasteiger partial charge in [0.25, 0.3) is 0 Å². The van der Waals surface area contributed by atoms with Gasteiger partial charge in [0.2, 0.25) is 17.8 Å². The Labute approximate surface area is 224 Å². The minimum absolute atomic E-state index is 0.212. The summed E-state index contributed by atoms with van der Waals surface area (Å²) in [5, 5.41) is 9.11. The lowest BCUT2D eigenvalue weighted by Crippen LogP contribution is -2.45. The molecule has 0 spiro atoms. The summed E-state index contributed by atoms with van der Waals surface area (Å²) in [5.41, 5.74) is 1.21. The number of nitrogens with one attached hydrogen (secondary N) is 3. The summed E-state index contributed by atoms with van der Waals surface area (Å²) in [5.74, 6) is 6.36. The van der Waals surface area contributed by atoms with Crippen molar-refractivity contribution in [2.24, 2.45) is 0 Å². The Morgan fingerprint density at radius 1 is 1.21 bits per heavy atom. The van der Waals surface area contributed by atoms with Crippen LogP contribution in [0.3, 0.4) is 0 Å². The number of hydrogen-bond donors (Lipinski definition) is 3. The topological polar surface area (TPSA) is 102 Å². The monoisotopic (exact) mass is 523 g/mol. The van der Waals surface area contributed by atoms with Crippen molar-refractivity contribution in [2.45, 2.75) is 39.2 Å². The highest BCUT2D eigenvalue weighted by atomic mass is 19.1. The van der Waals surface area contributed by atoms with Crippen LogP contribution in [-0.2, 0) is 9.59 Å². The highest BCUT2D eigenvalue weighted by molar-refractivity contribution is 5.92. The average molecular weight is 524 g/mol. The molecule has 9 nitrogen and oxygen atoms in total. The molecule has 2 aromatic rings. The number of unbranched alkanes of at least 4 members (excludes halogenated alkanes) is 1. The molecule has 0 aliphatic heterocycles. The number of nitrogens with zero attached hydrogens (tertiary/aromatic N) is 4. The van der Waals surface area contributed by atoms with Crippen molar-refractivity contribution in [1.29, 1.82) is 0 Å². The highest BCUT2D eigenvalue weighted by Gasteiger charge is 2.20. The Morgan fingerprint density at radius 2 is 2.00 bits per heavy atom. The molecular formula is C28H38FN7O2. The van der Waals surface area contributed by atoms with Crippen molar-refractivity contribution >= 4 is 29.3 Å². The lowest BCUT2D eigenvalue weighted by Gasteiger charge is -2.23. The van der Waals surface area contributed by atoms with Gasteiger partial charge in [-0.2, -0.15) is 4.98 Å². The van der Waals surface area contributed by atoms with Gasteiger partial charge in [-0.1, -0.05) is 30.9 Å². The molecule has 2 amide bonds. The third-order valence-corrected chi connectivity index (χ3v) is 5.45. The van der Waals surface area contributed by atoms with Gasteiger partial charge in [0, 0.05) is 44.9 Å². The summed E-state index contributed by atoms with van der Waals surface area (Å²) in [6, 6.07) is 5.50. The second-order valence-corrected chi connectivity index (χ2v) is 9.00. The molecule has 0 aliphatic rings. The maximum absolute atomic E-state index is 13.5. The summed E-state index contributed by atoms with van der Waals surface area (Å²) in [7, 11) is 5.45. The summed E-state index contributed by atoms with van der Waals surface area (Å²) >= 11 is 0. The summed E-state index contributed by atoms with van der Waals surface area (Å²) in [4.78, 5) is 36.8. The second-order valence-electron chi connectivity index (χ2n) is 9.00. The Kier molecular flexibility index (Phi) is 12.7. The van der Waals surface area contributed by atoms with E-state index in [4.69, 9.17) is 0 Å². The van der Waals surface area contributed by atoms with E-state index in [9.17, 15) is 14.0 Å². The van der Waals surface area contributed by atoms with E-state index in [0.717, 1.165) is 13.0 Å². The molecule has 204 valence electrons. The van der Waals surface area contributed by atoms with Crippen LogP contribution < -0.4 is 16.0 Å². The largest absolute Gasteiger partial charge is 0.369 e. The number of halogens is 1. The van der Waals surface area contributed by atoms with Crippen LogP contribution in [0.25, 0.3) is 0 Å². The van der Waals surface area contributed by atoms with E-state index in [2.05, 4.69) is 44.7 Å². The van der Waals surface area contributed by atoms with E-state index in [0.29, 0.717) is 48.9 Å². The molecule has 0 bridgehead atoms. The van der Waals surface area contributed by atoms with Gasteiger partial charge in [-0.15, -0.1) is 0 Å². The van der Waals surface area contributed by atoms with Crippen molar-refractivity contribution < 1.29 is 14.0 Å². The first-order chi connectivity index (χ1) is 18.2. The predicted octanol–water partition coefficient (Wildman–Crippen LogP) is 3.39. The molecular weight excluding hydrogens is 485 g/mol. The van der Waals surface area contributed by atoms with Gasteiger partial charge in [0.05, 0.1) is 11.8 Å². The van der Waals surface area contributed by atoms with Gasteiger partial charge in [-0.05, 0) is 52.1 Å². The number of anilines is 3. The summed E-state index contributed by atoms with van der Waals surface area (Å²) in [6.07, 6.45) is 7.01. The fourth-order valence-corrected chi connectivity index (χ4v) is 3.15. The van der Waals surface area contributed by atoms with Gasteiger partial charge in [-0.25, -0.2) is 9.37 Å². The number of rotatable bonds is 13. The molecule has 0 fully saturated rings. The van der Waals surface area contributed by atoms with E-state index in [1.54, 1.807) is 38.4 Å². The number of hydrogen-bond acceptors (Lipinski definition) is 7. The second kappa shape index (κ2) is 16.0. The first kappa shape index (κ1) is 30.3. The molecule has 1 atom stereocenters. The van der Waals surface area contributed by atoms with Crippen molar-refractivity contribution in [1.82, 2.24) is 25.1 Å². The zero-order valence-corrected chi connectivity index (χ0v) is 22.8. The fourth-order valence-electron chi connectivity index (χ4n) is 3.15. The molecule has 0 aliphatic carbocycles. The van der Waals surface area contributed by atoms with Crippen LogP contribution >= 0.6 is 0 Å². The third-order valence-electron chi connectivity index (χ3n) is 5.45. The number of benzene rings is 1. The lowest BCUT2D eigenvalue weighted by molar-refractivity contribution is -0.135. The number of carbonyl (C=O) groups excluding carboxylic acids is 2. The summed E-state index contributed by atoms with van der Waals surface area (Å²) < 4.78 is 13.5. The molecule has 1 heterocycles. The van der Waals surface area contributed by atoms with Crippen molar-refractivity contribution in [3.8, 4) is 11.8 Å². The molecule has 0 unspecified atom stereocenters. The predicted molar refractivity (Wildman–Crippen MR) is 150 cm³/mol. The van der Waals surface area contributed by atoms with Crippen LogP contribution in [-0.4, -0.2) is 78.4 Å². The maximum Gasteiger partial charge on any atom is 0.246 e. The van der Waals surface area contributed by atoms with Crippen LogP contribution in [0.5, 0.6) is 0 Å². The Hall–Kier alpha value is -3.97.